The van der Waals surface area contributed by atoms with Crippen molar-refractivity contribution >= 4 is 22.7 Å². The summed E-state index contributed by atoms with van der Waals surface area (Å²) in [6.07, 6.45) is 0.00460. The zero-order chi connectivity index (χ0) is 30.4. The third-order valence-corrected chi connectivity index (χ3v) is 8.93. The van der Waals surface area contributed by atoms with Crippen LogP contribution in [0.25, 0.3) is 33.5 Å². The van der Waals surface area contributed by atoms with Crippen LogP contribution in [0.4, 0.5) is 22.7 Å². The zero-order valence-corrected chi connectivity index (χ0v) is 26.0. The third-order valence-electron chi connectivity index (χ3n) is 8.93. The molecule has 5 aromatic carbocycles. The zero-order valence-electron chi connectivity index (χ0n) is 26.0. The Labute approximate surface area is 261 Å². The van der Waals surface area contributed by atoms with Crippen LogP contribution in [0, 0.1) is 27.7 Å². The van der Waals surface area contributed by atoms with Crippen molar-refractivity contribution in [2.24, 2.45) is 0 Å². The molecule has 0 bridgehead atoms. The summed E-state index contributed by atoms with van der Waals surface area (Å²) in [4.78, 5) is 10.3. The van der Waals surface area contributed by atoms with E-state index in [1.165, 1.54) is 67.3 Å². The van der Waals surface area contributed by atoms with Gasteiger partial charge < -0.3 is 9.80 Å². The Hall–Kier alpha value is -5.15. The monoisotopic (exact) mass is 571 g/mol. The van der Waals surface area contributed by atoms with E-state index in [1.807, 2.05) is 0 Å². The van der Waals surface area contributed by atoms with Crippen molar-refractivity contribution in [3.63, 3.8) is 0 Å². The van der Waals surface area contributed by atoms with Crippen LogP contribution in [0.2, 0.25) is 0 Å². The van der Waals surface area contributed by atoms with Crippen molar-refractivity contribution in [3.8, 4) is 33.5 Å². The summed E-state index contributed by atoms with van der Waals surface area (Å²) in [5.41, 5.74) is 16.6. The maximum atomic E-state index is 5.25. The molecule has 3 heteroatoms. The largest absolute Gasteiger partial charge is 0.317 e. The van der Waals surface area contributed by atoms with Crippen LogP contribution >= 0.6 is 0 Å². The number of nitrogens with zero attached hydrogens (tertiary/aromatic N) is 3. The highest BCUT2D eigenvalue weighted by Gasteiger charge is 2.38. The lowest BCUT2D eigenvalue weighted by Crippen LogP contribution is -2.36. The molecule has 0 N–H and O–H groups in total. The minimum Gasteiger partial charge on any atom is -0.317 e. The molecule has 44 heavy (non-hydrogen) atoms. The Morgan fingerprint density at radius 2 is 0.977 bits per heavy atom. The van der Waals surface area contributed by atoms with Crippen molar-refractivity contribution in [2.45, 2.75) is 40.8 Å². The van der Waals surface area contributed by atoms with Gasteiger partial charge >= 0.3 is 0 Å². The Kier molecular flexibility index (Phi) is 7.02. The fourth-order valence-electron chi connectivity index (χ4n) is 7.04. The SMILES string of the molecule is Cc1cccc(C)c1-c1cc(C)c(N2c3ccccc3N(c3c(-c4ccccc4)cccc3-c3ccccc3)[C@H]2C)c(C)n1. The lowest BCUT2D eigenvalue weighted by atomic mass is 9.94. The first-order chi connectivity index (χ1) is 21.4. The molecular weight excluding hydrogens is 534 g/mol. The van der Waals surface area contributed by atoms with Gasteiger partial charge in [-0.05, 0) is 80.6 Å². The standard InChI is InChI=1S/C41H37N3/c1-27-16-14-17-28(2)39(27)36-26-29(3)40(30(4)42-36)43-31(5)44(38-25-13-12-24-37(38)43)41-34(32-18-8-6-9-19-32)22-15-23-35(41)33-20-10-7-11-21-33/h6-26,31H,1-5H3/t31-/m0/s1. The fraction of sp³-hybridized carbons (Fsp3) is 0.146. The van der Waals surface area contributed by atoms with Gasteiger partial charge in [0.15, 0.2) is 0 Å². The summed E-state index contributed by atoms with van der Waals surface area (Å²) in [6, 6.07) is 45.7. The molecule has 0 radical (unpaired) electrons. The molecule has 0 amide bonds. The predicted molar refractivity (Wildman–Crippen MR) is 186 cm³/mol. The van der Waals surface area contributed by atoms with Crippen LogP contribution in [0.3, 0.4) is 0 Å². The maximum absolute atomic E-state index is 5.25. The topological polar surface area (TPSA) is 19.4 Å². The summed E-state index contributed by atoms with van der Waals surface area (Å²) in [5, 5.41) is 0. The molecule has 0 fully saturated rings. The van der Waals surface area contributed by atoms with Crippen LogP contribution in [0.1, 0.15) is 29.3 Å². The van der Waals surface area contributed by atoms with Gasteiger partial charge in [0.05, 0.1) is 34.1 Å². The lowest BCUT2D eigenvalue weighted by Gasteiger charge is -2.34. The number of para-hydroxylation sites is 3. The van der Waals surface area contributed by atoms with Crippen LogP contribution in [0.15, 0.2) is 127 Å². The summed E-state index contributed by atoms with van der Waals surface area (Å²) in [6.45, 7) is 11.0. The summed E-state index contributed by atoms with van der Waals surface area (Å²) in [5.74, 6) is 0. The van der Waals surface area contributed by atoms with Crippen molar-refractivity contribution in [1.29, 1.82) is 0 Å². The van der Waals surface area contributed by atoms with Crippen LogP contribution in [-0.4, -0.2) is 11.1 Å². The molecule has 0 unspecified atom stereocenters. The van der Waals surface area contributed by atoms with E-state index in [0.717, 1.165) is 11.4 Å². The van der Waals surface area contributed by atoms with Crippen molar-refractivity contribution in [3.05, 3.63) is 150 Å². The van der Waals surface area contributed by atoms with Gasteiger partial charge in [-0.25, -0.2) is 0 Å². The molecule has 0 saturated heterocycles. The fourth-order valence-corrected chi connectivity index (χ4v) is 7.04. The van der Waals surface area contributed by atoms with Crippen LogP contribution in [-0.2, 0) is 0 Å². The number of benzene rings is 5. The highest BCUT2D eigenvalue weighted by atomic mass is 15.4. The average molecular weight is 572 g/mol. The van der Waals surface area contributed by atoms with Crippen LogP contribution in [0.5, 0.6) is 0 Å². The molecule has 1 aliphatic heterocycles. The Balaban J connectivity index is 1.43. The van der Waals surface area contributed by atoms with E-state index in [-0.39, 0.29) is 6.17 Å². The first kappa shape index (κ1) is 27.7. The minimum atomic E-state index is 0.00460. The van der Waals surface area contributed by atoms with Gasteiger partial charge in [-0.15, -0.1) is 0 Å². The van der Waals surface area contributed by atoms with Crippen molar-refractivity contribution in [1.82, 2.24) is 4.98 Å². The second-order valence-electron chi connectivity index (χ2n) is 11.8. The second-order valence-corrected chi connectivity index (χ2v) is 11.8. The molecule has 0 aliphatic carbocycles. The maximum Gasteiger partial charge on any atom is 0.108 e. The average Bonchev–Trinajstić information content (AvgIpc) is 3.32. The lowest BCUT2D eigenvalue weighted by molar-refractivity contribution is 0.756. The minimum absolute atomic E-state index is 0.00460. The summed E-state index contributed by atoms with van der Waals surface area (Å²) in [7, 11) is 0. The second kappa shape index (κ2) is 11.2. The summed E-state index contributed by atoms with van der Waals surface area (Å²) >= 11 is 0. The van der Waals surface area contributed by atoms with Crippen molar-refractivity contribution < 1.29 is 0 Å². The molecule has 7 rings (SSSR count). The van der Waals surface area contributed by atoms with Gasteiger partial charge in [-0.3, -0.25) is 4.98 Å². The number of hydrogen-bond acceptors (Lipinski definition) is 3. The Morgan fingerprint density at radius 3 is 1.50 bits per heavy atom. The molecule has 0 saturated carbocycles. The van der Waals surface area contributed by atoms with E-state index in [0.29, 0.717) is 0 Å². The van der Waals surface area contributed by atoms with Gasteiger partial charge in [-0.1, -0.05) is 109 Å². The number of hydrogen-bond donors (Lipinski definition) is 0. The van der Waals surface area contributed by atoms with Crippen LogP contribution < -0.4 is 9.80 Å². The Bertz CT molecular complexity index is 1880. The van der Waals surface area contributed by atoms with Crippen molar-refractivity contribution in [2.75, 3.05) is 9.80 Å². The number of fused-ring (bicyclic) bond motifs is 1. The van der Waals surface area contributed by atoms with Gasteiger partial charge in [0, 0.05) is 16.7 Å². The van der Waals surface area contributed by atoms with E-state index >= 15 is 0 Å². The quantitative estimate of drug-likeness (QED) is 0.205. The van der Waals surface area contributed by atoms with E-state index in [4.69, 9.17) is 4.98 Å². The normalized spacial score (nSPS) is 14.2. The molecule has 1 atom stereocenters. The number of aryl methyl sites for hydroxylation is 4. The molecule has 2 heterocycles. The molecular formula is C41H37N3. The highest BCUT2D eigenvalue weighted by molar-refractivity contribution is 5.99. The number of pyridine rings is 1. The number of anilines is 4. The van der Waals surface area contributed by atoms with Gasteiger partial charge in [0.25, 0.3) is 0 Å². The van der Waals surface area contributed by atoms with E-state index in [9.17, 15) is 0 Å². The molecule has 1 aromatic heterocycles. The molecule has 0 spiro atoms. The first-order valence-electron chi connectivity index (χ1n) is 15.4. The van der Waals surface area contributed by atoms with E-state index in [2.05, 4.69) is 172 Å². The highest BCUT2D eigenvalue weighted by Crippen LogP contribution is 2.53. The number of aromatic nitrogens is 1. The number of rotatable bonds is 5. The van der Waals surface area contributed by atoms with Gasteiger partial charge in [-0.2, -0.15) is 0 Å². The first-order valence-corrected chi connectivity index (χ1v) is 15.4. The Morgan fingerprint density at radius 1 is 0.500 bits per heavy atom. The van der Waals surface area contributed by atoms with E-state index in [1.54, 1.807) is 0 Å². The molecule has 1 aliphatic rings. The van der Waals surface area contributed by atoms with Gasteiger partial charge in [0.1, 0.15) is 6.17 Å². The van der Waals surface area contributed by atoms with Gasteiger partial charge in [0.2, 0.25) is 0 Å². The van der Waals surface area contributed by atoms with E-state index < -0.39 is 0 Å². The predicted octanol–water partition coefficient (Wildman–Crippen LogP) is 11.0. The summed E-state index contributed by atoms with van der Waals surface area (Å²) < 4.78 is 0. The smallest absolute Gasteiger partial charge is 0.108 e. The molecule has 6 aromatic rings. The third kappa shape index (κ3) is 4.57. The molecule has 3 nitrogen and oxygen atoms in total. The molecule has 216 valence electrons.